The predicted molar refractivity (Wildman–Crippen MR) is 78.1 cm³/mol. The van der Waals surface area contributed by atoms with Gasteiger partial charge in [0.1, 0.15) is 0 Å². The average molecular weight is 299 g/mol. The SMILES string of the molecule is CNCCCS(=O)(=O)N1CCN(c2ncccn2)CC1. The van der Waals surface area contributed by atoms with Crippen molar-refractivity contribution in [2.75, 3.05) is 50.4 Å². The van der Waals surface area contributed by atoms with E-state index in [9.17, 15) is 8.42 Å². The van der Waals surface area contributed by atoms with Gasteiger partial charge in [-0.25, -0.2) is 18.4 Å². The van der Waals surface area contributed by atoms with Crippen molar-refractivity contribution in [2.45, 2.75) is 6.42 Å². The van der Waals surface area contributed by atoms with Gasteiger partial charge in [0.2, 0.25) is 16.0 Å². The van der Waals surface area contributed by atoms with E-state index in [1.165, 1.54) is 0 Å². The van der Waals surface area contributed by atoms with Gasteiger partial charge in [-0.1, -0.05) is 0 Å². The molecular weight excluding hydrogens is 278 g/mol. The molecule has 0 radical (unpaired) electrons. The van der Waals surface area contributed by atoms with E-state index in [4.69, 9.17) is 0 Å². The Bertz CT molecular complexity index is 500. The molecule has 1 aliphatic rings. The highest BCUT2D eigenvalue weighted by Crippen LogP contribution is 2.13. The van der Waals surface area contributed by atoms with Crippen molar-refractivity contribution in [1.82, 2.24) is 19.6 Å². The van der Waals surface area contributed by atoms with Crippen LogP contribution in [0.5, 0.6) is 0 Å². The van der Waals surface area contributed by atoms with Crippen molar-refractivity contribution in [2.24, 2.45) is 0 Å². The highest BCUT2D eigenvalue weighted by molar-refractivity contribution is 7.89. The van der Waals surface area contributed by atoms with Gasteiger partial charge >= 0.3 is 0 Å². The molecule has 0 amide bonds. The summed E-state index contributed by atoms with van der Waals surface area (Å²) in [7, 11) is -1.31. The van der Waals surface area contributed by atoms with Crippen LogP contribution in [-0.4, -0.2) is 68.2 Å². The molecule has 20 heavy (non-hydrogen) atoms. The first-order chi connectivity index (χ1) is 9.63. The van der Waals surface area contributed by atoms with Crippen molar-refractivity contribution in [3.63, 3.8) is 0 Å². The van der Waals surface area contributed by atoms with E-state index in [-0.39, 0.29) is 5.75 Å². The molecule has 0 aliphatic carbocycles. The molecule has 7 nitrogen and oxygen atoms in total. The van der Waals surface area contributed by atoms with Crippen LogP contribution >= 0.6 is 0 Å². The number of hydrogen-bond donors (Lipinski definition) is 1. The lowest BCUT2D eigenvalue weighted by atomic mass is 10.4. The molecule has 0 bridgehead atoms. The molecular formula is C12H21N5O2S. The third-order valence-electron chi connectivity index (χ3n) is 3.30. The monoisotopic (exact) mass is 299 g/mol. The van der Waals surface area contributed by atoms with Crippen molar-refractivity contribution in [1.29, 1.82) is 0 Å². The lowest BCUT2D eigenvalue weighted by Gasteiger charge is -2.33. The lowest BCUT2D eigenvalue weighted by Crippen LogP contribution is -2.49. The van der Waals surface area contributed by atoms with Gasteiger partial charge in [-0.15, -0.1) is 0 Å². The molecule has 0 saturated carbocycles. The number of nitrogens with zero attached hydrogens (tertiary/aromatic N) is 4. The minimum absolute atomic E-state index is 0.204. The lowest BCUT2D eigenvalue weighted by molar-refractivity contribution is 0.382. The maximum absolute atomic E-state index is 12.2. The first-order valence-corrected chi connectivity index (χ1v) is 8.39. The van der Waals surface area contributed by atoms with Gasteiger partial charge < -0.3 is 10.2 Å². The van der Waals surface area contributed by atoms with Crippen LogP contribution in [0.25, 0.3) is 0 Å². The van der Waals surface area contributed by atoms with Crippen LogP contribution in [0, 0.1) is 0 Å². The largest absolute Gasteiger partial charge is 0.338 e. The molecule has 1 aromatic heterocycles. The van der Waals surface area contributed by atoms with E-state index in [0.717, 1.165) is 6.54 Å². The van der Waals surface area contributed by atoms with Gasteiger partial charge in [0.05, 0.1) is 5.75 Å². The van der Waals surface area contributed by atoms with Crippen LogP contribution in [0.15, 0.2) is 18.5 Å². The van der Waals surface area contributed by atoms with Crippen molar-refractivity contribution in [3.8, 4) is 0 Å². The smallest absolute Gasteiger partial charge is 0.225 e. The summed E-state index contributed by atoms with van der Waals surface area (Å²) in [6.07, 6.45) is 4.03. The topological polar surface area (TPSA) is 78.4 Å². The third kappa shape index (κ3) is 3.87. The average Bonchev–Trinajstić information content (AvgIpc) is 2.48. The van der Waals surface area contributed by atoms with Gasteiger partial charge in [-0.2, -0.15) is 4.31 Å². The zero-order valence-electron chi connectivity index (χ0n) is 11.7. The van der Waals surface area contributed by atoms with E-state index < -0.39 is 10.0 Å². The summed E-state index contributed by atoms with van der Waals surface area (Å²) in [5, 5.41) is 2.96. The van der Waals surface area contributed by atoms with Gasteiger partial charge in [0.15, 0.2) is 0 Å². The molecule has 0 atom stereocenters. The zero-order chi connectivity index (χ0) is 14.4. The molecule has 0 aromatic carbocycles. The minimum Gasteiger partial charge on any atom is -0.338 e. The third-order valence-corrected chi connectivity index (χ3v) is 5.25. The maximum atomic E-state index is 12.2. The quantitative estimate of drug-likeness (QED) is 0.716. The minimum atomic E-state index is -3.14. The van der Waals surface area contributed by atoms with Crippen LogP contribution in [0.2, 0.25) is 0 Å². The molecule has 1 aliphatic heterocycles. The summed E-state index contributed by atoms with van der Waals surface area (Å²) in [6.45, 7) is 2.99. The second kappa shape index (κ2) is 6.96. The van der Waals surface area contributed by atoms with Gasteiger partial charge in [-0.3, -0.25) is 0 Å². The molecule has 2 rings (SSSR count). The molecule has 0 spiro atoms. The summed E-state index contributed by atoms with van der Waals surface area (Å²) in [6, 6.07) is 1.77. The first kappa shape index (κ1) is 15.1. The zero-order valence-corrected chi connectivity index (χ0v) is 12.5. The number of hydrogen-bond acceptors (Lipinski definition) is 6. The molecule has 112 valence electrons. The summed E-state index contributed by atoms with van der Waals surface area (Å²) in [5.74, 6) is 0.870. The summed E-state index contributed by atoms with van der Waals surface area (Å²) in [5.41, 5.74) is 0. The fraction of sp³-hybridized carbons (Fsp3) is 0.667. The van der Waals surface area contributed by atoms with E-state index >= 15 is 0 Å². The van der Waals surface area contributed by atoms with E-state index in [1.54, 1.807) is 22.8 Å². The second-order valence-corrected chi connectivity index (χ2v) is 6.80. The Hall–Kier alpha value is -1.25. The summed E-state index contributed by atoms with van der Waals surface area (Å²) >= 11 is 0. The molecule has 1 N–H and O–H groups in total. The van der Waals surface area contributed by atoms with E-state index in [0.29, 0.717) is 38.5 Å². The van der Waals surface area contributed by atoms with Crippen LogP contribution in [0.1, 0.15) is 6.42 Å². The molecule has 2 heterocycles. The van der Waals surface area contributed by atoms with E-state index in [1.807, 2.05) is 11.9 Å². The summed E-state index contributed by atoms with van der Waals surface area (Å²) < 4.78 is 25.9. The Kier molecular flexibility index (Phi) is 5.27. The van der Waals surface area contributed by atoms with Crippen molar-refractivity contribution in [3.05, 3.63) is 18.5 Å². The molecule has 1 saturated heterocycles. The fourth-order valence-corrected chi connectivity index (χ4v) is 3.67. The van der Waals surface area contributed by atoms with Crippen LogP contribution in [0.3, 0.4) is 0 Å². The fourth-order valence-electron chi connectivity index (χ4n) is 2.18. The Morgan fingerprint density at radius 1 is 1.20 bits per heavy atom. The number of anilines is 1. The van der Waals surface area contributed by atoms with Gasteiger partial charge in [0.25, 0.3) is 0 Å². The number of sulfonamides is 1. The highest BCUT2D eigenvalue weighted by Gasteiger charge is 2.27. The van der Waals surface area contributed by atoms with Crippen LogP contribution < -0.4 is 10.2 Å². The Labute approximate surface area is 120 Å². The number of rotatable bonds is 6. The van der Waals surface area contributed by atoms with Gasteiger partial charge in [-0.05, 0) is 26.1 Å². The van der Waals surface area contributed by atoms with Gasteiger partial charge in [0, 0.05) is 38.6 Å². The normalized spacial score (nSPS) is 17.4. The van der Waals surface area contributed by atoms with Crippen molar-refractivity contribution < 1.29 is 8.42 Å². The standard InChI is InChI=1S/C12H21N5O2S/c1-13-4-3-11-20(18,19)17-9-7-16(8-10-17)12-14-5-2-6-15-12/h2,5-6,13H,3-4,7-11H2,1H3. The van der Waals surface area contributed by atoms with Crippen molar-refractivity contribution >= 4 is 16.0 Å². The van der Waals surface area contributed by atoms with Crippen LogP contribution in [0.4, 0.5) is 5.95 Å². The second-order valence-electron chi connectivity index (χ2n) is 4.71. The molecule has 1 fully saturated rings. The Morgan fingerprint density at radius 2 is 1.85 bits per heavy atom. The molecule has 1 aromatic rings. The summed E-state index contributed by atoms with van der Waals surface area (Å²) in [4.78, 5) is 10.4. The number of aromatic nitrogens is 2. The highest BCUT2D eigenvalue weighted by atomic mass is 32.2. The predicted octanol–water partition coefficient (Wildman–Crippen LogP) is -0.462. The Morgan fingerprint density at radius 3 is 2.45 bits per heavy atom. The van der Waals surface area contributed by atoms with Crippen LogP contribution in [-0.2, 0) is 10.0 Å². The first-order valence-electron chi connectivity index (χ1n) is 6.78. The Balaban J connectivity index is 1.88. The number of piperazine rings is 1. The molecule has 0 unspecified atom stereocenters. The van der Waals surface area contributed by atoms with E-state index in [2.05, 4.69) is 15.3 Å². The number of nitrogens with one attached hydrogen (secondary N) is 1. The maximum Gasteiger partial charge on any atom is 0.225 e. The molecule has 8 heteroatoms.